The van der Waals surface area contributed by atoms with E-state index in [1.807, 2.05) is 0 Å². The van der Waals surface area contributed by atoms with E-state index in [-0.39, 0.29) is 12.3 Å². The maximum atomic E-state index is 14.0. The summed E-state index contributed by atoms with van der Waals surface area (Å²) in [7, 11) is 0. The Morgan fingerprint density at radius 1 is 1.40 bits per heavy atom. The van der Waals surface area contributed by atoms with Crippen LogP contribution in [0.1, 0.15) is 35.1 Å². The van der Waals surface area contributed by atoms with Gasteiger partial charge in [-0.25, -0.2) is 13.9 Å². The number of carbonyl (C=O) groups is 1. The van der Waals surface area contributed by atoms with Crippen molar-refractivity contribution < 1.29 is 13.9 Å². The molecule has 0 aliphatic heterocycles. The minimum Gasteiger partial charge on any atom is -0.461 e. The molecule has 0 amide bonds. The van der Waals surface area contributed by atoms with Crippen LogP contribution < -0.4 is 0 Å². The Morgan fingerprint density at radius 2 is 2.20 bits per heavy atom. The van der Waals surface area contributed by atoms with Gasteiger partial charge < -0.3 is 4.74 Å². The summed E-state index contributed by atoms with van der Waals surface area (Å²) in [5.41, 5.74) is 2.41. The number of carbonyl (C=O) groups excluding carboxylic acids is 1. The number of esters is 1. The van der Waals surface area contributed by atoms with Crippen LogP contribution >= 0.6 is 0 Å². The molecule has 5 heteroatoms. The van der Waals surface area contributed by atoms with E-state index in [1.54, 1.807) is 25.1 Å². The zero-order valence-electron chi connectivity index (χ0n) is 11.2. The minimum atomic E-state index is -0.439. The van der Waals surface area contributed by atoms with Gasteiger partial charge in [0.2, 0.25) is 0 Å². The first-order valence-electron chi connectivity index (χ1n) is 6.75. The molecule has 4 nitrogen and oxygen atoms in total. The van der Waals surface area contributed by atoms with E-state index in [1.165, 1.54) is 10.7 Å². The fourth-order valence-corrected chi connectivity index (χ4v) is 2.60. The van der Waals surface area contributed by atoms with Crippen molar-refractivity contribution in [2.75, 3.05) is 6.61 Å². The van der Waals surface area contributed by atoms with E-state index >= 15 is 0 Å². The number of aromatic nitrogens is 2. The lowest BCUT2D eigenvalue weighted by atomic mass is 10.2. The van der Waals surface area contributed by atoms with Crippen molar-refractivity contribution in [1.29, 1.82) is 0 Å². The van der Waals surface area contributed by atoms with Gasteiger partial charge >= 0.3 is 5.97 Å². The van der Waals surface area contributed by atoms with Gasteiger partial charge in [0, 0.05) is 5.56 Å². The number of rotatable bonds is 3. The molecule has 0 fully saturated rings. The number of halogens is 1. The van der Waals surface area contributed by atoms with E-state index in [9.17, 15) is 9.18 Å². The topological polar surface area (TPSA) is 44.1 Å². The van der Waals surface area contributed by atoms with Gasteiger partial charge in [0.15, 0.2) is 5.69 Å². The highest BCUT2D eigenvalue weighted by Crippen LogP contribution is 2.28. The van der Waals surface area contributed by atoms with Gasteiger partial charge in [-0.3, -0.25) is 0 Å². The number of hydrogen-bond donors (Lipinski definition) is 0. The molecular formula is C15H15FN2O2. The van der Waals surface area contributed by atoms with Crippen LogP contribution in [0.25, 0.3) is 5.69 Å². The summed E-state index contributed by atoms with van der Waals surface area (Å²) in [4.78, 5) is 12.2. The predicted octanol–water partition coefficient (Wildman–Crippen LogP) is 2.68. The number of para-hydroxylation sites is 1. The lowest BCUT2D eigenvalue weighted by molar-refractivity contribution is 0.0514. The minimum absolute atomic E-state index is 0.282. The molecule has 1 aliphatic rings. The van der Waals surface area contributed by atoms with Crippen molar-refractivity contribution in [1.82, 2.24) is 9.78 Å². The quantitative estimate of drug-likeness (QED) is 0.808. The average molecular weight is 274 g/mol. The molecule has 0 atom stereocenters. The molecule has 0 N–H and O–H groups in total. The molecule has 20 heavy (non-hydrogen) atoms. The molecule has 1 heterocycles. The van der Waals surface area contributed by atoms with Gasteiger partial charge in [0.05, 0.1) is 12.3 Å². The molecule has 0 saturated carbocycles. The van der Waals surface area contributed by atoms with Crippen LogP contribution in [0.4, 0.5) is 4.39 Å². The maximum Gasteiger partial charge on any atom is 0.357 e. The molecule has 3 rings (SSSR count). The number of benzene rings is 1. The second kappa shape index (κ2) is 5.07. The van der Waals surface area contributed by atoms with Crippen LogP contribution in [0.3, 0.4) is 0 Å². The molecule has 1 aromatic carbocycles. The van der Waals surface area contributed by atoms with Gasteiger partial charge in [-0.15, -0.1) is 0 Å². The Morgan fingerprint density at radius 3 is 2.95 bits per heavy atom. The molecular weight excluding hydrogens is 259 g/mol. The monoisotopic (exact) mass is 274 g/mol. The molecule has 0 unspecified atom stereocenters. The lowest BCUT2D eigenvalue weighted by Gasteiger charge is -2.09. The SMILES string of the molecule is CCOC(=O)c1c2c(nn1-c1ccccc1F)CCC2. The largest absolute Gasteiger partial charge is 0.461 e. The summed E-state index contributed by atoms with van der Waals surface area (Å²) in [6, 6.07) is 6.30. The second-order valence-electron chi connectivity index (χ2n) is 4.71. The van der Waals surface area contributed by atoms with E-state index in [0.29, 0.717) is 5.69 Å². The zero-order chi connectivity index (χ0) is 14.1. The van der Waals surface area contributed by atoms with Crippen LogP contribution in [0.2, 0.25) is 0 Å². The van der Waals surface area contributed by atoms with Crippen molar-refractivity contribution in [3.63, 3.8) is 0 Å². The second-order valence-corrected chi connectivity index (χ2v) is 4.71. The molecule has 0 saturated heterocycles. The molecule has 0 radical (unpaired) electrons. The predicted molar refractivity (Wildman–Crippen MR) is 71.5 cm³/mol. The number of fused-ring (bicyclic) bond motifs is 1. The van der Waals surface area contributed by atoms with Crippen molar-refractivity contribution >= 4 is 5.97 Å². The third-order valence-corrected chi connectivity index (χ3v) is 3.46. The summed E-state index contributed by atoms with van der Waals surface area (Å²) in [6.45, 7) is 2.04. The van der Waals surface area contributed by atoms with Crippen molar-refractivity contribution in [3.05, 3.63) is 47.0 Å². The Hall–Kier alpha value is -2.17. The van der Waals surface area contributed by atoms with Gasteiger partial charge in [-0.1, -0.05) is 12.1 Å². The highest BCUT2D eigenvalue weighted by molar-refractivity contribution is 5.90. The van der Waals surface area contributed by atoms with Crippen LogP contribution in [0.5, 0.6) is 0 Å². The van der Waals surface area contributed by atoms with Gasteiger partial charge in [-0.2, -0.15) is 5.10 Å². The van der Waals surface area contributed by atoms with Crippen LogP contribution in [0.15, 0.2) is 24.3 Å². The van der Waals surface area contributed by atoms with Gasteiger partial charge in [-0.05, 0) is 38.3 Å². The van der Waals surface area contributed by atoms with Crippen molar-refractivity contribution in [3.8, 4) is 5.69 Å². The van der Waals surface area contributed by atoms with Crippen LogP contribution in [-0.2, 0) is 17.6 Å². The fraction of sp³-hybridized carbons (Fsp3) is 0.333. The first kappa shape index (κ1) is 12.8. The van der Waals surface area contributed by atoms with Crippen LogP contribution in [0, 0.1) is 5.82 Å². The van der Waals surface area contributed by atoms with E-state index < -0.39 is 11.8 Å². The third-order valence-electron chi connectivity index (χ3n) is 3.46. The lowest BCUT2D eigenvalue weighted by Crippen LogP contribution is -2.14. The number of ether oxygens (including phenoxy) is 1. The first-order valence-corrected chi connectivity index (χ1v) is 6.75. The zero-order valence-corrected chi connectivity index (χ0v) is 11.2. The maximum absolute atomic E-state index is 14.0. The average Bonchev–Trinajstić information content (AvgIpc) is 2.99. The molecule has 104 valence electrons. The highest BCUT2D eigenvalue weighted by Gasteiger charge is 2.28. The summed E-state index contributed by atoms with van der Waals surface area (Å²) in [5.74, 6) is -0.842. The number of hydrogen-bond acceptors (Lipinski definition) is 3. The highest BCUT2D eigenvalue weighted by atomic mass is 19.1. The first-order chi connectivity index (χ1) is 9.72. The Kier molecular flexibility index (Phi) is 3.26. The normalized spacial score (nSPS) is 13.3. The smallest absolute Gasteiger partial charge is 0.357 e. The molecule has 1 aromatic heterocycles. The Bertz CT molecular complexity index is 664. The van der Waals surface area contributed by atoms with Crippen molar-refractivity contribution in [2.45, 2.75) is 26.2 Å². The third kappa shape index (κ3) is 1.99. The summed E-state index contributed by atoms with van der Waals surface area (Å²) < 4.78 is 20.4. The standard InChI is InChI=1S/C15H15FN2O2/c1-2-20-15(19)14-10-6-5-8-12(10)17-18(14)13-9-4-3-7-11(13)16/h3-4,7,9H,2,5-6,8H2,1H3. The molecule has 2 aromatic rings. The van der Waals surface area contributed by atoms with E-state index in [4.69, 9.17) is 4.74 Å². The molecule has 1 aliphatic carbocycles. The van der Waals surface area contributed by atoms with Gasteiger partial charge in [0.1, 0.15) is 11.5 Å². The van der Waals surface area contributed by atoms with E-state index in [2.05, 4.69) is 5.10 Å². The van der Waals surface area contributed by atoms with Crippen molar-refractivity contribution in [2.24, 2.45) is 0 Å². The van der Waals surface area contributed by atoms with E-state index in [0.717, 1.165) is 30.5 Å². The summed E-state index contributed by atoms with van der Waals surface area (Å²) in [5, 5.41) is 4.40. The Balaban J connectivity index is 2.16. The number of nitrogens with zero attached hydrogens (tertiary/aromatic N) is 2. The molecule has 0 bridgehead atoms. The molecule has 0 spiro atoms. The summed E-state index contributed by atoms with van der Waals surface area (Å²) >= 11 is 0. The fourth-order valence-electron chi connectivity index (χ4n) is 2.60. The van der Waals surface area contributed by atoms with Gasteiger partial charge in [0.25, 0.3) is 0 Å². The number of aryl methyl sites for hydroxylation is 1. The Labute approximate surface area is 116 Å². The summed E-state index contributed by atoms with van der Waals surface area (Å²) in [6.07, 6.45) is 2.59. The van der Waals surface area contributed by atoms with Crippen LogP contribution in [-0.4, -0.2) is 22.4 Å².